The Hall–Kier alpha value is -3.74. The summed E-state index contributed by atoms with van der Waals surface area (Å²) in [6.07, 6.45) is -1.94. The zero-order valence-electron chi connectivity index (χ0n) is 19.1. The summed E-state index contributed by atoms with van der Waals surface area (Å²) >= 11 is 0. The SMILES string of the molecule is O=C(c1ccc(Nc2nc(NC3CC3)c3c(C(F)(F)F)c[nH]c3n2)c2c1OCCO2)N1CCOCC1. The van der Waals surface area contributed by atoms with Gasteiger partial charge in [-0.3, -0.25) is 4.79 Å². The number of carbonyl (C=O) groups is 1. The van der Waals surface area contributed by atoms with Crippen molar-refractivity contribution in [3.05, 3.63) is 29.5 Å². The van der Waals surface area contributed by atoms with Crippen LogP contribution in [-0.4, -0.2) is 71.3 Å². The number of H-pyrrole nitrogens is 1. The number of ether oxygens (including phenoxy) is 3. The van der Waals surface area contributed by atoms with E-state index in [2.05, 4.69) is 25.6 Å². The summed E-state index contributed by atoms with van der Waals surface area (Å²) in [7, 11) is 0. The molecular weight excluding hydrogens is 481 g/mol. The van der Waals surface area contributed by atoms with Crippen LogP contribution in [0.1, 0.15) is 28.8 Å². The van der Waals surface area contributed by atoms with Crippen LogP contribution in [0, 0.1) is 0 Å². The van der Waals surface area contributed by atoms with Gasteiger partial charge in [0, 0.05) is 25.3 Å². The number of carbonyl (C=O) groups excluding carboxylic acids is 1. The quantitative estimate of drug-likeness (QED) is 0.484. The number of rotatable bonds is 5. The number of alkyl halides is 3. The maximum absolute atomic E-state index is 13.6. The first kappa shape index (κ1) is 22.7. The number of morpholine rings is 1. The van der Waals surface area contributed by atoms with Gasteiger partial charge in [-0.1, -0.05) is 0 Å². The van der Waals surface area contributed by atoms with E-state index in [1.54, 1.807) is 17.0 Å². The monoisotopic (exact) mass is 504 g/mol. The zero-order valence-corrected chi connectivity index (χ0v) is 19.1. The third kappa shape index (κ3) is 4.23. The van der Waals surface area contributed by atoms with Crippen LogP contribution in [-0.2, 0) is 10.9 Å². The lowest BCUT2D eigenvalue weighted by Gasteiger charge is -2.29. The Balaban J connectivity index is 1.36. The average molecular weight is 504 g/mol. The summed E-state index contributed by atoms with van der Waals surface area (Å²) in [5, 5.41) is 6.01. The van der Waals surface area contributed by atoms with E-state index >= 15 is 0 Å². The molecule has 0 radical (unpaired) electrons. The number of anilines is 3. The lowest BCUT2D eigenvalue weighted by Crippen LogP contribution is -2.41. The van der Waals surface area contributed by atoms with Gasteiger partial charge in [-0.05, 0) is 25.0 Å². The van der Waals surface area contributed by atoms with Crippen molar-refractivity contribution in [2.45, 2.75) is 25.1 Å². The highest BCUT2D eigenvalue weighted by Gasteiger charge is 2.36. The van der Waals surface area contributed by atoms with Crippen LogP contribution in [0.5, 0.6) is 11.5 Å². The predicted octanol–water partition coefficient (Wildman–Crippen LogP) is 3.54. The number of hydrogen-bond acceptors (Lipinski definition) is 8. The lowest BCUT2D eigenvalue weighted by molar-refractivity contribution is -0.136. The molecule has 6 rings (SSSR count). The smallest absolute Gasteiger partial charge is 0.418 e. The molecule has 3 aliphatic rings. The Bertz CT molecular complexity index is 1320. The minimum atomic E-state index is -4.55. The molecule has 1 aromatic carbocycles. The van der Waals surface area contributed by atoms with Crippen LogP contribution in [0.4, 0.5) is 30.6 Å². The van der Waals surface area contributed by atoms with Crippen LogP contribution in [0.25, 0.3) is 11.0 Å². The maximum Gasteiger partial charge on any atom is 0.418 e. The molecule has 0 bridgehead atoms. The molecule has 0 unspecified atom stereocenters. The zero-order chi connectivity index (χ0) is 24.9. The van der Waals surface area contributed by atoms with Crippen molar-refractivity contribution >= 4 is 34.4 Å². The topological polar surface area (TPSA) is 114 Å². The normalized spacial score (nSPS) is 17.8. The summed E-state index contributed by atoms with van der Waals surface area (Å²) in [6.45, 7) is 2.45. The number of aromatic amines is 1. The summed E-state index contributed by atoms with van der Waals surface area (Å²) < 4.78 is 57.7. The van der Waals surface area contributed by atoms with Crippen molar-refractivity contribution in [2.24, 2.45) is 0 Å². The van der Waals surface area contributed by atoms with E-state index in [0.717, 1.165) is 19.0 Å². The van der Waals surface area contributed by atoms with E-state index in [0.29, 0.717) is 49.1 Å². The van der Waals surface area contributed by atoms with Crippen molar-refractivity contribution in [3.8, 4) is 11.5 Å². The summed E-state index contributed by atoms with van der Waals surface area (Å²) in [5.74, 6) is 0.613. The van der Waals surface area contributed by atoms with E-state index in [-0.39, 0.29) is 48.0 Å². The van der Waals surface area contributed by atoms with Crippen LogP contribution in [0.2, 0.25) is 0 Å². The van der Waals surface area contributed by atoms with Gasteiger partial charge in [0.1, 0.15) is 24.7 Å². The highest BCUT2D eigenvalue weighted by molar-refractivity contribution is 5.99. The first-order valence-corrected chi connectivity index (χ1v) is 11.7. The Labute approximate surface area is 203 Å². The molecular formula is C23H23F3N6O4. The molecule has 1 saturated carbocycles. The van der Waals surface area contributed by atoms with Crippen molar-refractivity contribution in [1.82, 2.24) is 19.9 Å². The summed E-state index contributed by atoms with van der Waals surface area (Å²) in [5.41, 5.74) is 0.0202. The first-order valence-electron chi connectivity index (χ1n) is 11.7. The highest BCUT2D eigenvalue weighted by Crippen LogP contribution is 2.43. The van der Waals surface area contributed by atoms with Crippen molar-refractivity contribution in [2.75, 3.05) is 50.2 Å². The van der Waals surface area contributed by atoms with Crippen molar-refractivity contribution < 1.29 is 32.2 Å². The average Bonchev–Trinajstić information content (AvgIpc) is 3.58. The molecule has 3 N–H and O–H groups in total. The van der Waals surface area contributed by atoms with Gasteiger partial charge >= 0.3 is 6.18 Å². The van der Waals surface area contributed by atoms with Gasteiger partial charge in [-0.2, -0.15) is 23.1 Å². The van der Waals surface area contributed by atoms with Gasteiger partial charge in [0.2, 0.25) is 5.95 Å². The molecule has 1 amide bonds. The lowest BCUT2D eigenvalue weighted by atomic mass is 10.1. The molecule has 3 aromatic rings. The maximum atomic E-state index is 13.6. The highest BCUT2D eigenvalue weighted by atomic mass is 19.4. The Kier molecular flexibility index (Phi) is 5.51. The second-order valence-electron chi connectivity index (χ2n) is 8.78. The third-order valence-corrected chi connectivity index (χ3v) is 6.22. The molecule has 1 saturated heterocycles. The molecule has 4 heterocycles. The Morgan fingerprint density at radius 3 is 2.53 bits per heavy atom. The Morgan fingerprint density at radius 1 is 1.06 bits per heavy atom. The third-order valence-electron chi connectivity index (χ3n) is 6.22. The van der Waals surface area contributed by atoms with E-state index in [9.17, 15) is 18.0 Å². The fraction of sp³-hybridized carbons (Fsp3) is 0.435. The number of aromatic nitrogens is 3. The van der Waals surface area contributed by atoms with Gasteiger partial charge < -0.3 is 34.7 Å². The molecule has 190 valence electrons. The van der Waals surface area contributed by atoms with Crippen molar-refractivity contribution in [3.63, 3.8) is 0 Å². The van der Waals surface area contributed by atoms with Gasteiger partial charge in [0.05, 0.1) is 35.4 Å². The van der Waals surface area contributed by atoms with Crippen LogP contribution in [0.3, 0.4) is 0 Å². The first-order chi connectivity index (χ1) is 17.4. The Morgan fingerprint density at radius 2 is 1.81 bits per heavy atom. The van der Waals surface area contributed by atoms with Gasteiger partial charge in [0.15, 0.2) is 11.5 Å². The fourth-order valence-corrected chi connectivity index (χ4v) is 4.30. The summed E-state index contributed by atoms with van der Waals surface area (Å²) in [6, 6.07) is 3.35. The van der Waals surface area contributed by atoms with Crippen molar-refractivity contribution in [1.29, 1.82) is 0 Å². The van der Waals surface area contributed by atoms with Crippen LogP contribution in [0.15, 0.2) is 18.3 Å². The second-order valence-corrected chi connectivity index (χ2v) is 8.78. The standard InChI is InChI=1S/C23H23F3N6O4/c24-23(25,26)14-11-27-19-16(14)20(28-12-1-2-12)31-22(30-19)29-15-4-3-13(17-18(15)36-10-9-35-17)21(33)32-5-7-34-8-6-32/h3-4,11-12H,1-2,5-10H2,(H3,27,28,29,30,31). The van der Waals surface area contributed by atoms with E-state index in [1.165, 1.54) is 0 Å². The molecule has 2 aromatic heterocycles. The largest absolute Gasteiger partial charge is 0.485 e. The molecule has 36 heavy (non-hydrogen) atoms. The van der Waals surface area contributed by atoms with Crippen LogP contribution < -0.4 is 20.1 Å². The number of halogens is 3. The van der Waals surface area contributed by atoms with Gasteiger partial charge in [-0.25, -0.2) is 0 Å². The van der Waals surface area contributed by atoms with Gasteiger partial charge in [-0.15, -0.1) is 0 Å². The predicted molar refractivity (Wildman–Crippen MR) is 123 cm³/mol. The van der Waals surface area contributed by atoms with Gasteiger partial charge in [0.25, 0.3) is 5.91 Å². The molecule has 13 heteroatoms. The molecule has 2 aliphatic heterocycles. The minimum absolute atomic E-state index is 0.0492. The minimum Gasteiger partial charge on any atom is -0.485 e. The molecule has 1 aliphatic carbocycles. The number of fused-ring (bicyclic) bond motifs is 2. The molecule has 2 fully saturated rings. The fourth-order valence-electron chi connectivity index (χ4n) is 4.30. The van der Waals surface area contributed by atoms with E-state index in [1.807, 2.05) is 0 Å². The molecule has 0 spiro atoms. The number of amides is 1. The number of benzene rings is 1. The molecule has 0 atom stereocenters. The summed E-state index contributed by atoms with van der Waals surface area (Å²) in [4.78, 5) is 26.0. The molecule has 10 nitrogen and oxygen atoms in total. The number of nitrogens with zero attached hydrogens (tertiary/aromatic N) is 3. The van der Waals surface area contributed by atoms with E-state index in [4.69, 9.17) is 14.2 Å². The van der Waals surface area contributed by atoms with E-state index < -0.39 is 11.7 Å². The number of hydrogen-bond donors (Lipinski definition) is 3. The van der Waals surface area contributed by atoms with Crippen LogP contribution >= 0.6 is 0 Å². The number of nitrogens with one attached hydrogen (secondary N) is 3. The second kappa shape index (κ2) is 8.73.